The third-order valence-electron chi connectivity index (χ3n) is 2.34. The maximum Gasteiger partial charge on any atom is 0.315 e. The first-order valence-corrected chi connectivity index (χ1v) is 7.51. The third kappa shape index (κ3) is 9.15. The van der Waals surface area contributed by atoms with E-state index in [0.717, 1.165) is 17.9 Å². The van der Waals surface area contributed by atoms with Gasteiger partial charge in [0.15, 0.2) is 0 Å². The van der Waals surface area contributed by atoms with E-state index >= 15 is 0 Å². The quantitative estimate of drug-likeness (QED) is 0.602. The topological polar surface area (TPSA) is 78.4 Å². The Bertz CT molecular complexity index is 262. The summed E-state index contributed by atoms with van der Waals surface area (Å²) in [7, 11) is 0. The molecule has 0 aliphatic carbocycles. The smallest absolute Gasteiger partial charge is 0.315 e. The standard InChI is InChI=1S/C12H24N2O3S/c1-4-6-10(7-11(15)16)14-12(17)13-9(3)8-18-5-2/h9-10H,4-8H2,1-3H3,(H,15,16)(H2,13,14,17). The number of carbonyl (C=O) groups is 2. The molecule has 0 fully saturated rings. The zero-order valence-electron chi connectivity index (χ0n) is 11.4. The van der Waals surface area contributed by atoms with Gasteiger partial charge in [0.2, 0.25) is 0 Å². The summed E-state index contributed by atoms with van der Waals surface area (Å²) in [6.07, 6.45) is 1.50. The van der Waals surface area contributed by atoms with E-state index in [9.17, 15) is 9.59 Å². The van der Waals surface area contributed by atoms with E-state index in [-0.39, 0.29) is 24.5 Å². The van der Waals surface area contributed by atoms with Gasteiger partial charge in [0, 0.05) is 17.8 Å². The summed E-state index contributed by atoms with van der Waals surface area (Å²) in [5.74, 6) is 0.996. The lowest BCUT2D eigenvalue weighted by Crippen LogP contribution is -2.46. The van der Waals surface area contributed by atoms with Crippen LogP contribution >= 0.6 is 11.8 Å². The average Bonchev–Trinajstić information content (AvgIpc) is 2.25. The van der Waals surface area contributed by atoms with E-state index in [1.807, 2.05) is 13.8 Å². The predicted octanol–water partition coefficient (Wildman–Crippen LogP) is 2.07. The van der Waals surface area contributed by atoms with Gasteiger partial charge in [-0.1, -0.05) is 20.3 Å². The van der Waals surface area contributed by atoms with Gasteiger partial charge in [0.25, 0.3) is 0 Å². The number of nitrogens with one attached hydrogen (secondary N) is 2. The summed E-state index contributed by atoms with van der Waals surface area (Å²) >= 11 is 1.76. The van der Waals surface area contributed by atoms with Crippen molar-refractivity contribution in [3.8, 4) is 0 Å². The van der Waals surface area contributed by atoms with E-state index in [2.05, 4.69) is 17.6 Å². The van der Waals surface area contributed by atoms with Crippen molar-refractivity contribution in [3.05, 3.63) is 0 Å². The van der Waals surface area contributed by atoms with E-state index in [1.54, 1.807) is 11.8 Å². The molecule has 2 atom stereocenters. The molecule has 0 saturated heterocycles. The number of carboxylic acids is 1. The molecule has 3 N–H and O–H groups in total. The van der Waals surface area contributed by atoms with Crippen molar-refractivity contribution < 1.29 is 14.7 Å². The maximum atomic E-state index is 11.7. The Hall–Kier alpha value is -0.910. The minimum absolute atomic E-state index is 0.0284. The molecule has 2 amide bonds. The summed E-state index contributed by atoms with van der Waals surface area (Å²) in [6, 6.07) is -0.487. The summed E-state index contributed by atoms with van der Waals surface area (Å²) < 4.78 is 0. The monoisotopic (exact) mass is 276 g/mol. The SMILES string of the molecule is CCCC(CC(=O)O)NC(=O)NC(C)CSCC. The molecule has 106 valence electrons. The van der Waals surface area contributed by atoms with Gasteiger partial charge in [-0.05, 0) is 19.1 Å². The van der Waals surface area contributed by atoms with Gasteiger partial charge in [-0.3, -0.25) is 4.79 Å². The van der Waals surface area contributed by atoms with Crippen LogP contribution in [-0.2, 0) is 4.79 Å². The highest BCUT2D eigenvalue weighted by molar-refractivity contribution is 7.99. The zero-order valence-corrected chi connectivity index (χ0v) is 12.2. The van der Waals surface area contributed by atoms with E-state index in [4.69, 9.17) is 5.11 Å². The first-order valence-electron chi connectivity index (χ1n) is 6.36. The molecule has 5 nitrogen and oxygen atoms in total. The number of carboxylic acid groups (broad SMARTS) is 1. The number of hydrogen-bond acceptors (Lipinski definition) is 3. The summed E-state index contributed by atoms with van der Waals surface area (Å²) in [5.41, 5.74) is 0. The second kappa shape index (κ2) is 10.1. The molecule has 0 heterocycles. The van der Waals surface area contributed by atoms with Crippen LogP contribution in [0.1, 0.15) is 40.0 Å². The van der Waals surface area contributed by atoms with Gasteiger partial charge in [0.05, 0.1) is 6.42 Å². The van der Waals surface area contributed by atoms with Gasteiger partial charge in [-0.15, -0.1) is 0 Å². The summed E-state index contributed by atoms with van der Waals surface area (Å²) in [4.78, 5) is 22.3. The lowest BCUT2D eigenvalue weighted by molar-refractivity contribution is -0.137. The van der Waals surface area contributed by atoms with Crippen LogP contribution in [0.2, 0.25) is 0 Å². The van der Waals surface area contributed by atoms with Gasteiger partial charge in [0.1, 0.15) is 0 Å². The second-order valence-corrected chi connectivity index (χ2v) is 5.58. The Morgan fingerprint density at radius 1 is 1.28 bits per heavy atom. The molecule has 0 aliphatic rings. The number of rotatable bonds is 9. The molecular formula is C12H24N2O3S. The molecule has 0 spiro atoms. The number of hydrogen-bond donors (Lipinski definition) is 3. The van der Waals surface area contributed by atoms with Crippen molar-refractivity contribution >= 4 is 23.8 Å². The Balaban J connectivity index is 4.03. The highest BCUT2D eigenvalue weighted by Crippen LogP contribution is 2.03. The maximum absolute atomic E-state index is 11.7. The normalized spacial score (nSPS) is 13.7. The number of amides is 2. The largest absolute Gasteiger partial charge is 0.481 e. The van der Waals surface area contributed by atoms with Crippen molar-refractivity contribution in [1.82, 2.24) is 10.6 Å². The van der Waals surface area contributed by atoms with E-state index in [0.29, 0.717) is 6.42 Å². The molecule has 18 heavy (non-hydrogen) atoms. The predicted molar refractivity (Wildman–Crippen MR) is 75.1 cm³/mol. The Labute approximate surface area is 113 Å². The van der Waals surface area contributed by atoms with Crippen LogP contribution in [0.25, 0.3) is 0 Å². The van der Waals surface area contributed by atoms with Gasteiger partial charge >= 0.3 is 12.0 Å². The van der Waals surface area contributed by atoms with Crippen molar-refractivity contribution in [2.45, 2.75) is 52.1 Å². The third-order valence-corrected chi connectivity index (χ3v) is 3.49. The van der Waals surface area contributed by atoms with Crippen LogP contribution in [0.5, 0.6) is 0 Å². The van der Waals surface area contributed by atoms with E-state index < -0.39 is 5.97 Å². The Morgan fingerprint density at radius 3 is 2.44 bits per heavy atom. The van der Waals surface area contributed by atoms with Crippen LogP contribution in [0, 0.1) is 0 Å². The average molecular weight is 276 g/mol. The van der Waals surface area contributed by atoms with Crippen molar-refractivity contribution in [2.75, 3.05) is 11.5 Å². The van der Waals surface area contributed by atoms with Gasteiger partial charge in [-0.2, -0.15) is 11.8 Å². The molecule has 6 heteroatoms. The number of carbonyl (C=O) groups excluding carboxylic acids is 1. The fraction of sp³-hybridized carbons (Fsp3) is 0.833. The molecule has 0 radical (unpaired) electrons. The van der Waals surface area contributed by atoms with Crippen LogP contribution in [-0.4, -0.2) is 40.7 Å². The summed E-state index contributed by atoms with van der Waals surface area (Å²) in [5, 5.41) is 14.3. The molecule has 2 unspecified atom stereocenters. The van der Waals surface area contributed by atoms with Crippen LogP contribution in [0.3, 0.4) is 0 Å². The zero-order chi connectivity index (χ0) is 14.0. The Kier molecular flexibility index (Phi) is 9.55. The molecular weight excluding hydrogens is 252 g/mol. The van der Waals surface area contributed by atoms with Crippen LogP contribution in [0.4, 0.5) is 4.79 Å². The molecule has 0 aromatic heterocycles. The van der Waals surface area contributed by atoms with Crippen molar-refractivity contribution in [2.24, 2.45) is 0 Å². The fourth-order valence-electron chi connectivity index (χ4n) is 1.57. The number of aliphatic carboxylic acids is 1. The van der Waals surface area contributed by atoms with Gasteiger partial charge in [-0.25, -0.2) is 4.79 Å². The lowest BCUT2D eigenvalue weighted by atomic mass is 10.1. The van der Waals surface area contributed by atoms with Crippen LogP contribution in [0.15, 0.2) is 0 Å². The molecule has 0 aromatic carbocycles. The summed E-state index contributed by atoms with van der Waals surface area (Å²) in [6.45, 7) is 5.98. The molecule has 0 saturated carbocycles. The molecule has 0 aromatic rings. The highest BCUT2D eigenvalue weighted by Gasteiger charge is 2.16. The van der Waals surface area contributed by atoms with Gasteiger partial charge < -0.3 is 15.7 Å². The minimum atomic E-state index is -0.886. The Morgan fingerprint density at radius 2 is 1.94 bits per heavy atom. The fourth-order valence-corrected chi connectivity index (χ4v) is 2.24. The van der Waals surface area contributed by atoms with Crippen molar-refractivity contribution in [1.29, 1.82) is 0 Å². The highest BCUT2D eigenvalue weighted by atomic mass is 32.2. The van der Waals surface area contributed by atoms with E-state index in [1.165, 1.54) is 0 Å². The lowest BCUT2D eigenvalue weighted by Gasteiger charge is -2.19. The number of urea groups is 1. The molecule has 0 rings (SSSR count). The first kappa shape index (κ1) is 17.1. The molecule has 0 aliphatic heterocycles. The first-order chi connectivity index (χ1) is 8.49. The second-order valence-electron chi connectivity index (χ2n) is 4.26. The van der Waals surface area contributed by atoms with Crippen molar-refractivity contribution in [3.63, 3.8) is 0 Å². The number of thioether (sulfide) groups is 1. The molecule has 0 bridgehead atoms. The van der Waals surface area contributed by atoms with Crippen LogP contribution < -0.4 is 10.6 Å². The minimum Gasteiger partial charge on any atom is -0.481 e.